The highest BCUT2D eigenvalue weighted by Gasteiger charge is 2.20. The van der Waals surface area contributed by atoms with Gasteiger partial charge in [0.2, 0.25) is 0 Å². The van der Waals surface area contributed by atoms with Crippen LogP contribution in [-0.2, 0) is 0 Å². The van der Waals surface area contributed by atoms with Crippen molar-refractivity contribution in [2.45, 2.75) is 123 Å². The van der Waals surface area contributed by atoms with Gasteiger partial charge in [-0.25, -0.2) is 4.79 Å². The lowest BCUT2D eigenvalue weighted by Gasteiger charge is -2.28. The zero-order valence-corrected chi connectivity index (χ0v) is 26.7. The quantitative estimate of drug-likeness (QED) is 0.0951. The first-order valence-corrected chi connectivity index (χ1v) is 16.7. The van der Waals surface area contributed by atoms with Crippen LogP contribution in [0.2, 0.25) is 0 Å². The largest absolute Gasteiger partial charge is 0.494 e. The van der Waals surface area contributed by atoms with Gasteiger partial charge in [0.15, 0.2) is 0 Å². The van der Waals surface area contributed by atoms with Gasteiger partial charge in [-0.3, -0.25) is 0 Å². The van der Waals surface area contributed by atoms with Gasteiger partial charge in [-0.15, -0.1) is 0 Å². The third kappa shape index (κ3) is 11.8. The number of benzene rings is 2. The highest BCUT2D eigenvalue weighted by Crippen LogP contribution is 2.34. The molecule has 1 aliphatic carbocycles. The van der Waals surface area contributed by atoms with Crippen molar-refractivity contribution in [3.05, 3.63) is 52.5 Å². The number of unbranched alkanes of at least 4 members (excludes halogenated alkanes) is 5. The van der Waals surface area contributed by atoms with Gasteiger partial charge in [0.05, 0.1) is 22.7 Å². The lowest BCUT2D eigenvalue weighted by atomic mass is 9.78. The highest BCUT2D eigenvalue weighted by atomic mass is 79.9. The molecule has 0 aromatic heterocycles. The van der Waals surface area contributed by atoms with Crippen molar-refractivity contribution < 1.29 is 19.0 Å². The fourth-order valence-electron chi connectivity index (χ4n) is 5.68. The summed E-state index contributed by atoms with van der Waals surface area (Å²) < 4.78 is 18.4. The van der Waals surface area contributed by atoms with E-state index >= 15 is 0 Å². The molecule has 0 aliphatic heterocycles. The monoisotopic (exact) mass is 614 g/mol. The number of carbonyl (C=O) groups excluding carboxylic acids is 1. The van der Waals surface area contributed by atoms with Crippen molar-refractivity contribution in [1.29, 1.82) is 0 Å². The van der Waals surface area contributed by atoms with Crippen LogP contribution in [0, 0.1) is 11.8 Å². The molecule has 1 saturated carbocycles. The Morgan fingerprint density at radius 1 is 0.825 bits per heavy atom. The third-order valence-electron chi connectivity index (χ3n) is 8.20. The van der Waals surface area contributed by atoms with E-state index in [1.807, 2.05) is 18.2 Å². The summed E-state index contributed by atoms with van der Waals surface area (Å²) in [5.41, 5.74) is 0.477. The number of hydrogen-bond acceptors (Lipinski definition) is 4. The predicted octanol–water partition coefficient (Wildman–Crippen LogP) is 11.0. The summed E-state index contributed by atoms with van der Waals surface area (Å²) in [7, 11) is 0. The van der Waals surface area contributed by atoms with Crippen LogP contribution >= 0.6 is 15.9 Å². The molecule has 3 rings (SSSR count). The van der Waals surface area contributed by atoms with E-state index in [4.69, 9.17) is 14.2 Å². The topological polar surface area (TPSA) is 44.8 Å². The van der Waals surface area contributed by atoms with E-state index in [-0.39, 0.29) is 6.10 Å². The van der Waals surface area contributed by atoms with Crippen LogP contribution in [-0.4, -0.2) is 18.7 Å². The Kier molecular flexibility index (Phi) is 15.0. The van der Waals surface area contributed by atoms with Crippen LogP contribution in [0.1, 0.15) is 127 Å². The van der Waals surface area contributed by atoms with E-state index in [2.05, 4.69) is 36.7 Å². The van der Waals surface area contributed by atoms with Crippen molar-refractivity contribution in [3.63, 3.8) is 0 Å². The molecule has 0 heterocycles. The molecular formula is C35H51BrO4. The second-order valence-corrected chi connectivity index (χ2v) is 12.5. The van der Waals surface area contributed by atoms with Crippen molar-refractivity contribution >= 4 is 21.9 Å². The Balaban J connectivity index is 1.34. The fourth-order valence-corrected chi connectivity index (χ4v) is 6.15. The van der Waals surface area contributed by atoms with Gasteiger partial charge in [0.1, 0.15) is 17.2 Å². The number of rotatable bonds is 18. The predicted molar refractivity (Wildman–Crippen MR) is 169 cm³/mol. The van der Waals surface area contributed by atoms with Crippen LogP contribution in [0.4, 0.5) is 0 Å². The van der Waals surface area contributed by atoms with Crippen LogP contribution < -0.4 is 14.2 Å². The Morgan fingerprint density at radius 3 is 2.10 bits per heavy atom. The molecule has 0 bridgehead atoms. The molecule has 0 saturated heterocycles. The normalized spacial score (nSPS) is 17.8. The third-order valence-corrected chi connectivity index (χ3v) is 8.82. The van der Waals surface area contributed by atoms with Crippen molar-refractivity contribution in [3.8, 4) is 17.2 Å². The smallest absolute Gasteiger partial charge is 0.343 e. The maximum Gasteiger partial charge on any atom is 0.343 e. The molecule has 1 unspecified atom stereocenters. The van der Waals surface area contributed by atoms with E-state index in [9.17, 15) is 4.79 Å². The Morgan fingerprint density at radius 2 is 1.45 bits per heavy atom. The number of carbonyl (C=O) groups is 1. The molecule has 0 N–H and O–H groups in total. The summed E-state index contributed by atoms with van der Waals surface area (Å²) in [6.07, 6.45) is 19.6. The first-order chi connectivity index (χ1) is 19.5. The van der Waals surface area contributed by atoms with Gasteiger partial charge in [0.25, 0.3) is 0 Å². The summed E-state index contributed by atoms with van der Waals surface area (Å²) in [5.74, 6) is 3.51. The Hall–Kier alpha value is -2.01. The van der Waals surface area contributed by atoms with E-state index in [1.165, 1.54) is 83.5 Å². The molecular weight excluding hydrogens is 564 g/mol. The number of hydrogen-bond donors (Lipinski definition) is 0. The average molecular weight is 616 g/mol. The molecule has 1 aliphatic rings. The molecule has 1 atom stereocenters. The van der Waals surface area contributed by atoms with Crippen molar-refractivity contribution in [2.24, 2.45) is 11.8 Å². The molecule has 40 heavy (non-hydrogen) atoms. The first-order valence-electron chi connectivity index (χ1n) is 15.9. The maximum atomic E-state index is 12.7. The van der Waals surface area contributed by atoms with Gasteiger partial charge in [-0.2, -0.15) is 0 Å². The SMILES string of the molecule is CCCCCCC(C)Oc1ccc(C(=O)Oc2ccc(OCCCC3CCC(CCCCC)CC3)cc2)cc1Br. The number of ether oxygens (including phenoxy) is 3. The van der Waals surface area contributed by atoms with Crippen molar-refractivity contribution in [2.75, 3.05) is 6.61 Å². The molecule has 5 heteroatoms. The molecule has 2 aromatic carbocycles. The minimum atomic E-state index is -0.395. The highest BCUT2D eigenvalue weighted by molar-refractivity contribution is 9.10. The summed E-state index contributed by atoms with van der Waals surface area (Å²) in [5, 5.41) is 0. The number of esters is 1. The molecule has 4 nitrogen and oxygen atoms in total. The minimum absolute atomic E-state index is 0.131. The lowest BCUT2D eigenvalue weighted by molar-refractivity contribution is 0.0734. The molecule has 0 amide bonds. The van der Waals surface area contributed by atoms with Gasteiger partial charge < -0.3 is 14.2 Å². The number of halogens is 1. The van der Waals surface area contributed by atoms with E-state index < -0.39 is 5.97 Å². The second-order valence-electron chi connectivity index (χ2n) is 11.7. The van der Waals surface area contributed by atoms with E-state index in [0.717, 1.165) is 47.3 Å². The van der Waals surface area contributed by atoms with Gasteiger partial charge in [0, 0.05) is 0 Å². The summed E-state index contributed by atoms with van der Waals surface area (Å²) in [6.45, 7) is 7.33. The fraction of sp³-hybridized carbons (Fsp3) is 0.629. The zero-order chi connectivity index (χ0) is 28.6. The van der Waals surface area contributed by atoms with Gasteiger partial charge >= 0.3 is 5.97 Å². The summed E-state index contributed by atoms with van der Waals surface area (Å²) in [6, 6.07) is 12.7. The van der Waals surface area contributed by atoms with Gasteiger partial charge in [-0.1, -0.05) is 84.5 Å². The molecule has 0 spiro atoms. The maximum absolute atomic E-state index is 12.7. The lowest BCUT2D eigenvalue weighted by Crippen LogP contribution is -2.15. The standard InChI is InChI=1S/C35H51BrO4/c1-4-6-8-10-12-27(3)39-34-24-19-30(26-33(34)36)35(37)40-32-22-20-31(21-23-32)38-25-11-14-29-17-15-28(16-18-29)13-9-7-5-2/h19-24,26-29H,4-18,25H2,1-3H3. The zero-order valence-electron chi connectivity index (χ0n) is 25.1. The van der Waals surface area contributed by atoms with Crippen LogP contribution in [0.25, 0.3) is 0 Å². The van der Waals surface area contributed by atoms with Gasteiger partial charge in [-0.05, 0) is 103 Å². The van der Waals surface area contributed by atoms with E-state index in [1.54, 1.807) is 24.3 Å². The average Bonchev–Trinajstić information content (AvgIpc) is 2.96. The van der Waals surface area contributed by atoms with Crippen LogP contribution in [0.15, 0.2) is 46.9 Å². The van der Waals surface area contributed by atoms with Crippen LogP contribution in [0.3, 0.4) is 0 Å². The molecule has 2 aromatic rings. The summed E-state index contributed by atoms with van der Waals surface area (Å²) >= 11 is 3.55. The molecule has 1 fully saturated rings. The Labute approximate surface area is 251 Å². The first kappa shape index (κ1) is 32.5. The van der Waals surface area contributed by atoms with Crippen LogP contribution in [0.5, 0.6) is 17.2 Å². The summed E-state index contributed by atoms with van der Waals surface area (Å²) in [4.78, 5) is 12.7. The Bertz CT molecular complexity index is 981. The second kappa shape index (κ2) is 18.4. The van der Waals surface area contributed by atoms with Crippen molar-refractivity contribution in [1.82, 2.24) is 0 Å². The molecule has 222 valence electrons. The van der Waals surface area contributed by atoms with E-state index in [0.29, 0.717) is 11.3 Å². The molecule has 0 radical (unpaired) electrons. The minimum Gasteiger partial charge on any atom is -0.494 e.